The van der Waals surface area contributed by atoms with Crippen molar-refractivity contribution < 1.29 is 0 Å². The summed E-state index contributed by atoms with van der Waals surface area (Å²) in [4.78, 5) is 31.8. The summed E-state index contributed by atoms with van der Waals surface area (Å²) in [5, 5.41) is 3.08. The Morgan fingerprint density at radius 2 is 2.14 bits per heavy atom. The van der Waals surface area contributed by atoms with Crippen LogP contribution in [0.1, 0.15) is 32.7 Å². The smallest absolute Gasteiger partial charge is 0.332 e. The molecule has 21 heavy (non-hydrogen) atoms. The Hall–Kier alpha value is -2.09. The van der Waals surface area contributed by atoms with Crippen LogP contribution in [0, 0.1) is 0 Å². The third-order valence-electron chi connectivity index (χ3n) is 3.63. The van der Waals surface area contributed by atoms with E-state index in [1.54, 1.807) is 4.57 Å². The van der Waals surface area contributed by atoms with Crippen LogP contribution in [-0.4, -0.2) is 32.2 Å². The molecule has 0 saturated carbocycles. The van der Waals surface area contributed by atoms with Gasteiger partial charge in [0.25, 0.3) is 5.56 Å². The van der Waals surface area contributed by atoms with Crippen molar-refractivity contribution in [1.29, 1.82) is 0 Å². The lowest BCUT2D eigenvalue weighted by molar-refractivity contribution is 0.500. The number of H-pyrrole nitrogens is 1. The Labute approximate surface area is 122 Å². The van der Waals surface area contributed by atoms with Crippen molar-refractivity contribution in [1.82, 2.24) is 19.1 Å². The van der Waals surface area contributed by atoms with E-state index < -0.39 is 0 Å². The third kappa shape index (κ3) is 2.71. The van der Waals surface area contributed by atoms with Crippen LogP contribution in [0.15, 0.2) is 9.59 Å². The molecule has 1 unspecified atom stereocenters. The monoisotopic (exact) mass is 294 g/mol. The second kappa shape index (κ2) is 6.13. The summed E-state index contributed by atoms with van der Waals surface area (Å²) in [6.45, 7) is 5.15. The molecule has 0 radical (unpaired) electrons. The van der Waals surface area contributed by atoms with Crippen LogP contribution < -0.4 is 22.3 Å². The van der Waals surface area contributed by atoms with Crippen LogP contribution in [0.4, 0.5) is 5.95 Å². The highest BCUT2D eigenvalue weighted by atomic mass is 16.2. The SMILES string of the molecule is CCC(C)n1c(=O)n(C)c(=O)c2[nH]c(NCCCN)nc21. The van der Waals surface area contributed by atoms with E-state index >= 15 is 0 Å². The normalized spacial score (nSPS) is 12.8. The first kappa shape index (κ1) is 15.3. The van der Waals surface area contributed by atoms with Gasteiger partial charge < -0.3 is 16.0 Å². The van der Waals surface area contributed by atoms with Gasteiger partial charge in [-0.1, -0.05) is 6.92 Å². The zero-order valence-corrected chi connectivity index (χ0v) is 12.6. The lowest BCUT2D eigenvalue weighted by Gasteiger charge is -2.14. The second-order valence-corrected chi connectivity index (χ2v) is 5.13. The van der Waals surface area contributed by atoms with E-state index in [9.17, 15) is 9.59 Å². The molecule has 2 heterocycles. The molecule has 0 bridgehead atoms. The molecule has 0 aliphatic carbocycles. The number of hydrogen-bond donors (Lipinski definition) is 3. The predicted octanol–water partition coefficient (Wildman–Crippen LogP) is 0.155. The Balaban J connectivity index is 2.60. The highest BCUT2D eigenvalue weighted by molar-refractivity contribution is 5.72. The molecule has 2 rings (SSSR count). The Kier molecular flexibility index (Phi) is 4.46. The number of hydrogen-bond acceptors (Lipinski definition) is 5. The van der Waals surface area contributed by atoms with Gasteiger partial charge in [0.2, 0.25) is 5.95 Å². The van der Waals surface area contributed by atoms with Crippen LogP contribution >= 0.6 is 0 Å². The molecule has 0 amide bonds. The second-order valence-electron chi connectivity index (χ2n) is 5.13. The number of aromatic amines is 1. The van der Waals surface area contributed by atoms with Crippen molar-refractivity contribution >= 4 is 17.1 Å². The average Bonchev–Trinajstić information content (AvgIpc) is 2.89. The summed E-state index contributed by atoms with van der Waals surface area (Å²) in [6, 6.07) is -0.0352. The van der Waals surface area contributed by atoms with E-state index in [1.807, 2.05) is 13.8 Å². The van der Waals surface area contributed by atoms with Crippen molar-refractivity contribution in [3.8, 4) is 0 Å². The molecule has 0 spiro atoms. The number of aromatic nitrogens is 4. The van der Waals surface area contributed by atoms with Gasteiger partial charge >= 0.3 is 5.69 Å². The van der Waals surface area contributed by atoms with E-state index in [2.05, 4.69) is 15.3 Å². The molecule has 4 N–H and O–H groups in total. The van der Waals surface area contributed by atoms with Gasteiger partial charge in [0, 0.05) is 19.6 Å². The summed E-state index contributed by atoms with van der Waals surface area (Å²) < 4.78 is 2.66. The maximum absolute atomic E-state index is 12.3. The maximum atomic E-state index is 12.3. The molecular weight excluding hydrogens is 272 g/mol. The fourth-order valence-corrected chi connectivity index (χ4v) is 2.17. The lowest BCUT2D eigenvalue weighted by Crippen LogP contribution is -2.39. The number of nitrogens with zero attached hydrogens (tertiary/aromatic N) is 3. The van der Waals surface area contributed by atoms with Gasteiger partial charge in [0.15, 0.2) is 11.2 Å². The van der Waals surface area contributed by atoms with E-state index in [4.69, 9.17) is 5.73 Å². The van der Waals surface area contributed by atoms with Crippen molar-refractivity contribution in [2.75, 3.05) is 18.4 Å². The Morgan fingerprint density at radius 3 is 2.76 bits per heavy atom. The molecule has 0 aliphatic rings. The molecule has 0 aliphatic heterocycles. The average molecular weight is 294 g/mol. The first-order chi connectivity index (χ1) is 10.0. The summed E-state index contributed by atoms with van der Waals surface area (Å²) in [7, 11) is 1.48. The van der Waals surface area contributed by atoms with E-state index in [0.29, 0.717) is 30.2 Å². The summed E-state index contributed by atoms with van der Waals surface area (Å²) in [5.74, 6) is 0.484. The number of nitrogens with two attached hydrogens (primary N) is 1. The highest BCUT2D eigenvalue weighted by Gasteiger charge is 2.18. The molecule has 1 atom stereocenters. The molecule has 0 saturated heterocycles. The van der Waals surface area contributed by atoms with Crippen LogP contribution in [-0.2, 0) is 7.05 Å². The zero-order valence-electron chi connectivity index (χ0n) is 12.6. The van der Waals surface area contributed by atoms with Crippen LogP contribution in [0.5, 0.6) is 0 Å². The predicted molar refractivity (Wildman–Crippen MR) is 82.8 cm³/mol. The van der Waals surface area contributed by atoms with E-state index in [-0.39, 0.29) is 17.3 Å². The topological polar surface area (TPSA) is 111 Å². The summed E-state index contributed by atoms with van der Waals surface area (Å²) in [5.41, 5.74) is 5.47. The minimum Gasteiger partial charge on any atom is -0.356 e. The molecule has 8 nitrogen and oxygen atoms in total. The molecule has 0 aromatic carbocycles. The van der Waals surface area contributed by atoms with Crippen LogP contribution in [0.25, 0.3) is 11.2 Å². The minimum atomic E-state index is -0.367. The fourth-order valence-electron chi connectivity index (χ4n) is 2.17. The number of imidazole rings is 1. The van der Waals surface area contributed by atoms with Gasteiger partial charge in [-0.15, -0.1) is 0 Å². The largest absolute Gasteiger partial charge is 0.356 e. The first-order valence-corrected chi connectivity index (χ1v) is 7.16. The van der Waals surface area contributed by atoms with Gasteiger partial charge in [-0.2, -0.15) is 4.98 Å². The van der Waals surface area contributed by atoms with Crippen LogP contribution in [0.2, 0.25) is 0 Å². The Bertz CT molecular complexity index is 741. The van der Waals surface area contributed by atoms with Gasteiger partial charge in [0.1, 0.15) is 0 Å². The van der Waals surface area contributed by atoms with Crippen molar-refractivity contribution in [3.63, 3.8) is 0 Å². The van der Waals surface area contributed by atoms with Gasteiger partial charge in [-0.25, -0.2) is 4.79 Å². The van der Waals surface area contributed by atoms with Crippen molar-refractivity contribution in [3.05, 3.63) is 20.8 Å². The molecule has 2 aromatic rings. The molecular formula is C13H22N6O2. The third-order valence-corrected chi connectivity index (χ3v) is 3.63. The summed E-state index contributed by atoms with van der Waals surface area (Å²) in [6.07, 6.45) is 1.57. The zero-order chi connectivity index (χ0) is 15.6. The lowest BCUT2D eigenvalue weighted by atomic mass is 10.2. The van der Waals surface area contributed by atoms with E-state index in [1.165, 1.54) is 7.05 Å². The summed E-state index contributed by atoms with van der Waals surface area (Å²) >= 11 is 0. The highest BCUT2D eigenvalue weighted by Crippen LogP contribution is 2.15. The van der Waals surface area contributed by atoms with Gasteiger partial charge in [0.05, 0.1) is 0 Å². The van der Waals surface area contributed by atoms with Gasteiger partial charge in [-0.3, -0.25) is 13.9 Å². The Morgan fingerprint density at radius 1 is 1.43 bits per heavy atom. The van der Waals surface area contributed by atoms with Crippen LogP contribution in [0.3, 0.4) is 0 Å². The van der Waals surface area contributed by atoms with E-state index in [0.717, 1.165) is 17.4 Å². The fraction of sp³-hybridized carbons (Fsp3) is 0.615. The minimum absolute atomic E-state index is 0.0352. The first-order valence-electron chi connectivity index (χ1n) is 7.16. The molecule has 0 fully saturated rings. The van der Waals surface area contributed by atoms with Gasteiger partial charge in [-0.05, 0) is 26.3 Å². The molecule has 8 heteroatoms. The quantitative estimate of drug-likeness (QED) is 0.657. The maximum Gasteiger partial charge on any atom is 0.332 e. The number of anilines is 1. The standard InChI is InChI=1S/C13H22N6O2/c1-4-8(2)19-10-9(11(20)18(3)13(19)21)16-12(17-10)15-7-5-6-14/h8H,4-7,14H2,1-3H3,(H2,15,16,17). The number of nitrogens with one attached hydrogen (secondary N) is 2. The van der Waals surface area contributed by atoms with Crippen molar-refractivity contribution in [2.45, 2.75) is 32.7 Å². The molecule has 116 valence electrons. The number of rotatable bonds is 6. The van der Waals surface area contributed by atoms with Crippen molar-refractivity contribution in [2.24, 2.45) is 12.8 Å². The number of fused-ring (bicyclic) bond motifs is 1. The molecule has 2 aromatic heterocycles.